The van der Waals surface area contributed by atoms with Crippen molar-refractivity contribution in [3.63, 3.8) is 0 Å². The molecule has 8 nitrogen and oxygen atoms in total. The summed E-state index contributed by atoms with van der Waals surface area (Å²) in [7, 11) is 1.63. The molecular formula is C26H30N4O4. The zero-order valence-corrected chi connectivity index (χ0v) is 19.4. The minimum Gasteiger partial charge on any atom is -0.497 e. The number of nitrogens with zero attached hydrogens (tertiary/aromatic N) is 2. The Balaban J connectivity index is 1.30. The molecule has 2 aliphatic heterocycles. The van der Waals surface area contributed by atoms with E-state index >= 15 is 0 Å². The summed E-state index contributed by atoms with van der Waals surface area (Å²) in [4.78, 5) is 15.6. The van der Waals surface area contributed by atoms with Crippen molar-refractivity contribution in [3.8, 4) is 28.4 Å². The van der Waals surface area contributed by atoms with E-state index in [1.165, 1.54) is 12.8 Å². The quantitative estimate of drug-likeness (QED) is 0.530. The molecule has 0 radical (unpaired) electrons. The number of carbonyl (C=O) groups is 1. The number of benzene rings is 2. The number of ether oxygens (including phenoxy) is 3. The molecule has 0 aliphatic carbocycles. The molecule has 5 rings (SSSR count). The monoisotopic (exact) mass is 462 g/mol. The summed E-state index contributed by atoms with van der Waals surface area (Å²) in [6.07, 6.45) is 6.70. The van der Waals surface area contributed by atoms with Crippen LogP contribution in [0.3, 0.4) is 0 Å². The maximum atomic E-state index is 13.2. The summed E-state index contributed by atoms with van der Waals surface area (Å²) >= 11 is 0. The van der Waals surface area contributed by atoms with Gasteiger partial charge in [-0.3, -0.25) is 14.8 Å². The number of aromatic amines is 1. The Labute approximate surface area is 199 Å². The van der Waals surface area contributed by atoms with Crippen LogP contribution in [-0.4, -0.2) is 61.0 Å². The molecular weight excluding hydrogens is 432 g/mol. The van der Waals surface area contributed by atoms with Gasteiger partial charge in [-0.15, -0.1) is 0 Å². The van der Waals surface area contributed by atoms with Gasteiger partial charge in [-0.25, -0.2) is 0 Å². The zero-order valence-electron chi connectivity index (χ0n) is 19.4. The number of nitrogens with one attached hydrogen (secondary N) is 2. The lowest BCUT2D eigenvalue weighted by molar-refractivity contribution is -0.121. The minimum atomic E-state index is -0.300. The molecule has 1 saturated heterocycles. The molecule has 0 spiro atoms. The second-order valence-electron chi connectivity index (χ2n) is 8.77. The molecule has 2 aliphatic rings. The van der Waals surface area contributed by atoms with Crippen LogP contribution in [-0.2, 0) is 11.2 Å². The second-order valence-corrected chi connectivity index (χ2v) is 8.77. The van der Waals surface area contributed by atoms with Gasteiger partial charge in [0.05, 0.1) is 24.9 Å². The summed E-state index contributed by atoms with van der Waals surface area (Å²) in [6.45, 7) is 4.02. The normalized spacial score (nSPS) is 17.6. The van der Waals surface area contributed by atoms with Crippen LogP contribution >= 0.6 is 0 Å². The van der Waals surface area contributed by atoms with Gasteiger partial charge in [-0.05, 0) is 73.8 Å². The fourth-order valence-corrected chi connectivity index (χ4v) is 4.53. The van der Waals surface area contributed by atoms with Gasteiger partial charge in [0.1, 0.15) is 30.5 Å². The van der Waals surface area contributed by atoms with E-state index < -0.39 is 0 Å². The fourth-order valence-electron chi connectivity index (χ4n) is 4.53. The molecule has 0 saturated carbocycles. The van der Waals surface area contributed by atoms with Crippen LogP contribution in [0.15, 0.2) is 48.8 Å². The highest BCUT2D eigenvalue weighted by Crippen LogP contribution is 2.34. The Morgan fingerprint density at radius 3 is 2.88 bits per heavy atom. The van der Waals surface area contributed by atoms with Gasteiger partial charge in [-0.1, -0.05) is 6.07 Å². The molecule has 2 N–H and O–H groups in total. The number of likely N-dealkylation sites (tertiary alicyclic amines) is 1. The molecule has 8 heteroatoms. The molecule has 1 fully saturated rings. The number of hydrogen-bond acceptors (Lipinski definition) is 6. The number of carbonyl (C=O) groups excluding carboxylic acids is 1. The summed E-state index contributed by atoms with van der Waals surface area (Å²) in [5, 5.41) is 9.96. The van der Waals surface area contributed by atoms with E-state index in [1.807, 2.05) is 42.6 Å². The highest BCUT2D eigenvalue weighted by molar-refractivity contribution is 5.95. The van der Waals surface area contributed by atoms with Crippen LogP contribution in [0.5, 0.6) is 17.2 Å². The fraction of sp³-hybridized carbons (Fsp3) is 0.385. The first-order valence-electron chi connectivity index (χ1n) is 11.8. The molecule has 0 unspecified atom stereocenters. The van der Waals surface area contributed by atoms with Gasteiger partial charge in [0, 0.05) is 18.3 Å². The number of methoxy groups -OCH3 is 1. The molecule has 1 atom stereocenters. The van der Waals surface area contributed by atoms with E-state index in [2.05, 4.69) is 20.4 Å². The Hall–Kier alpha value is -3.52. The summed E-state index contributed by atoms with van der Waals surface area (Å²) in [5.74, 6) is 1.83. The third-order valence-electron chi connectivity index (χ3n) is 6.48. The summed E-state index contributed by atoms with van der Waals surface area (Å²) in [5.41, 5.74) is 3.58. The lowest BCUT2D eigenvalue weighted by Gasteiger charge is -2.25. The standard InChI is InChI=1S/C26H30N4O4/c1-32-22-5-7-24-19(13-22)12-20(17-34-24)26(31)29-23-6-4-18(21-15-27-28-16-21)14-25(23)33-11-10-30-8-2-3-9-30/h4-7,13-16,20H,2-3,8-12,17H2,1H3,(H,27,28)(H,29,31)/t20-/m1/s1. The predicted octanol–water partition coefficient (Wildman–Crippen LogP) is 3.75. The van der Waals surface area contributed by atoms with E-state index in [0.717, 1.165) is 47.8 Å². The molecule has 0 bridgehead atoms. The predicted molar refractivity (Wildman–Crippen MR) is 130 cm³/mol. The maximum absolute atomic E-state index is 13.2. The number of hydrogen-bond donors (Lipinski definition) is 2. The lowest BCUT2D eigenvalue weighted by Crippen LogP contribution is -2.32. The first kappa shape index (κ1) is 22.3. The van der Waals surface area contributed by atoms with Crippen molar-refractivity contribution in [2.75, 3.05) is 45.3 Å². The largest absolute Gasteiger partial charge is 0.497 e. The first-order chi connectivity index (χ1) is 16.7. The zero-order chi connectivity index (χ0) is 23.3. The molecule has 2 aromatic carbocycles. The molecule has 1 amide bonds. The van der Waals surface area contributed by atoms with Gasteiger partial charge in [0.25, 0.3) is 0 Å². The van der Waals surface area contributed by atoms with Crippen LogP contribution in [0, 0.1) is 5.92 Å². The summed E-state index contributed by atoms with van der Waals surface area (Å²) in [6, 6.07) is 11.5. The maximum Gasteiger partial charge on any atom is 0.231 e. The highest BCUT2D eigenvalue weighted by Gasteiger charge is 2.27. The van der Waals surface area contributed by atoms with Crippen molar-refractivity contribution < 1.29 is 19.0 Å². The second kappa shape index (κ2) is 10.2. The number of H-pyrrole nitrogens is 1. The Morgan fingerprint density at radius 1 is 1.21 bits per heavy atom. The Bertz CT molecular complexity index is 1130. The van der Waals surface area contributed by atoms with Crippen molar-refractivity contribution >= 4 is 11.6 Å². The number of anilines is 1. The van der Waals surface area contributed by atoms with Crippen molar-refractivity contribution in [2.24, 2.45) is 5.92 Å². The van der Waals surface area contributed by atoms with Crippen molar-refractivity contribution in [3.05, 3.63) is 54.4 Å². The number of aromatic nitrogens is 2. The van der Waals surface area contributed by atoms with Crippen molar-refractivity contribution in [1.29, 1.82) is 0 Å². The Morgan fingerprint density at radius 2 is 2.09 bits per heavy atom. The lowest BCUT2D eigenvalue weighted by atomic mass is 9.95. The van der Waals surface area contributed by atoms with E-state index in [-0.39, 0.29) is 11.8 Å². The first-order valence-corrected chi connectivity index (χ1v) is 11.8. The van der Waals surface area contributed by atoms with Crippen molar-refractivity contribution in [2.45, 2.75) is 19.3 Å². The molecule has 3 heterocycles. The average Bonchev–Trinajstić information content (AvgIpc) is 3.59. The molecule has 178 valence electrons. The average molecular weight is 463 g/mol. The van der Waals surface area contributed by atoms with Gasteiger partial charge in [0.15, 0.2) is 0 Å². The number of amides is 1. The van der Waals surface area contributed by atoms with E-state index in [9.17, 15) is 4.79 Å². The number of fused-ring (bicyclic) bond motifs is 1. The van der Waals surface area contributed by atoms with Crippen molar-refractivity contribution in [1.82, 2.24) is 15.1 Å². The van der Waals surface area contributed by atoms with Crippen LogP contribution in [0.25, 0.3) is 11.1 Å². The van der Waals surface area contributed by atoms with E-state index in [4.69, 9.17) is 14.2 Å². The summed E-state index contributed by atoms with van der Waals surface area (Å²) < 4.78 is 17.3. The third kappa shape index (κ3) is 5.02. The number of rotatable bonds is 8. The highest BCUT2D eigenvalue weighted by atomic mass is 16.5. The van der Waals surface area contributed by atoms with Crippen LogP contribution in [0.1, 0.15) is 18.4 Å². The van der Waals surface area contributed by atoms with Gasteiger partial charge < -0.3 is 19.5 Å². The Kier molecular flexibility index (Phi) is 6.67. The van der Waals surface area contributed by atoms with Crippen LogP contribution in [0.2, 0.25) is 0 Å². The van der Waals surface area contributed by atoms with Crippen LogP contribution < -0.4 is 19.5 Å². The van der Waals surface area contributed by atoms with Gasteiger partial charge >= 0.3 is 0 Å². The van der Waals surface area contributed by atoms with E-state index in [0.29, 0.717) is 31.1 Å². The molecule has 3 aromatic rings. The molecule has 34 heavy (non-hydrogen) atoms. The van der Waals surface area contributed by atoms with Gasteiger partial charge in [0.2, 0.25) is 5.91 Å². The minimum absolute atomic E-state index is 0.0890. The SMILES string of the molecule is COc1ccc2c(c1)C[C@@H](C(=O)Nc1ccc(-c3cn[nH]c3)cc1OCCN1CCCC1)CO2. The smallest absolute Gasteiger partial charge is 0.231 e. The topological polar surface area (TPSA) is 88.7 Å². The van der Waals surface area contributed by atoms with E-state index in [1.54, 1.807) is 13.3 Å². The molecule has 1 aromatic heterocycles. The third-order valence-corrected chi connectivity index (χ3v) is 6.48. The van der Waals surface area contributed by atoms with Gasteiger partial charge in [-0.2, -0.15) is 5.10 Å². The van der Waals surface area contributed by atoms with Crippen LogP contribution in [0.4, 0.5) is 5.69 Å².